The van der Waals surface area contributed by atoms with Gasteiger partial charge >= 0.3 is 7.98 Å². The highest BCUT2D eigenvalue weighted by Crippen LogP contribution is 2.50. The molecule has 4 aromatic carbocycles. The summed E-state index contributed by atoms with van der Waals surface area (Å²) in [6, 6.07) is 24.9. The molecule has 0 spiro atoms. The van der Waals surface area contributed by atoms with Crippen molar-refractivity contribution in [2.45, 2.75) is 38.5 Å². The quantitative estimate of drug-likeness (QED) is 0.140. The summed E-state index contributed by atoms with van der Waals surface area (Å²) in [6.07, 6.45) is 18.6. The summed E-state index contributed by atoms with van der Waals surface area (Å²) in [4.78, 5) is 2.39. The van der Waals surface area contributed by atoms with E-state index in [1.807, 2.05) is 67.8 Å². The molecule has 0 unspecified atom stereocenters. The molecule has 0 bridgehead atoms. The smallest absolute Gasteiger partial charge is 0.400 e. The van der Waals surface area contributed by atoms with Crippen LogP contribution in [0.25, 0.3) is 38.7 Å². The van der Waals surface area contributed by atoms with E-state index in [1.54, 1.807) is 27.5 Å². The van der Waals surface area contributed by atoms with Crippen LogP contribution in [0, 0.1) is 0 Å². The first-order valence-corrected chi connectivity index (χ1v) is 18.4. The van der Waals surface area contributed by atoms with Crippen molar-refractivity contribution in [1.29, 1.82) is 0 Å². The number of benzene rings is 4. The Morgan fingerprint density at radius 3 is 2.36 bits per heavy atom. The van der Waals surface area contributed by atoms with Gasteiger partial charge in [0.05, 0.1) is 16.9 Å². The second-order valence-corrected chi connectivity index (χ2v) is 15.6. The number of allylic oxidation sites excluding steroid dienone is 11. The van der Waals surface area contributed by atoms with E-state index >= 15 is 0 Å². The molecule has 0 atom stereocenters. The van der Waals surface area contributed by atoms with Crippen LogP contribution in [0.4, 0.5) is 5.69 Å². The Bertz CT molecular complexity index is 2600. The van der Waals surface area contributed by atoms with Crippen molar-refractivity contribution in [1.82, 2.24) is 4.48 Å². The van der Waals surface area contributed by atoms with Crippen LogP contribution >= 0.6 is 0 Å². The number of nitrogens with zero attached hydrogens (tertiary/aromatic N) is 3. The third-order valence-electron chi connectivity index (χ3n) is 10.4. The monoisotopic (exact) mass is 668 g/mol. The van der Waals surface area contributed by atoms with Crippen molar-refractivity contribution >= 4 is 70.1 Å². The van der Waals surface area contributed by atoms with Crippen LogP contribution in [0.15, 0.2) is 148 Å². The summed E-state index contributed by atoms with van der Waals surface area (Å²) in [5.74, 6) is 0.759. The van der Waals surface area contributed by atoms with Crippen LogP contribution in [0.2, 0.25) is 0 Å². The standard InChI is InChI=1S/C42H36B2N3O2S/c1-42(2)37(46(43)35-24-20-28-12-8-10-16-33(28)39(35)42)26-22-30-18-19-31(41(30)50(48,49)32-14-6-4-5-7-15-32)23-27-38-45(3)40-34-17-11-9-13-29(34)21-25-36(40)47(38)44/h4-6,8-17,20-27H,7,18-19H2,1-3H3/q+1. The minimum atomic E-state index is -3.86. The average molecular weight is 668 g/mol. The van der Waals surface area contributed by atoms with Crippen LogP contribution in [-0.2, 0) is 22.3 Å². The summed E-state index contributed by atoms with van der Waals surface area (Å²) in [6.45, 7) is 4.35. The van der Waals surface area contributed by atoms with Gasteiger partial charge in [-0.2, -0.15) is 0 Å². The van der Waals surface area contributed by atoms with Crippen molar-refractivity contribution in [3.05, 3.63) is 159 Å². The van der Waals surface area contributed by atoms with E-state index in [0.29, 0.717) is 29.1 Å². The number of hydrogen-bond acceptors (Lipinski definition) is 3. The molecule has 3 aliphatic rings. The molecule has 2 heterocycles. The summed E-state index contributed by atoms with van der Waals surface area (Å²) in [7, 11) is 11.6. The fourth-order valence-corrected chi connectivity index (χ4v) is 9.78. The van der Waals surface area contributed by atoms with Crippen LogP contribution in [0.3, 0.4) is 0 Å². The van der Waals surface area contributed by atoms with Crippen molar-refractivity contribution in [2.24, 2.45) is 7.05 Å². The number of rotatable bonds is 5. The Balaban J connectivity index is 1.26. The number of anilines is 1. The molecule has 0 amide bonds. The van der Waals surface area contributed by atoms with E-state index in [4.69, 9.17) is 16.0 Å². The zero-order valence-electron chi connectivity index (χ0n) is 28.5. The molecule has 0 saturated carbocycles. The van der Waals surface area contributed by atoms with Gasteiger partial charge in [-0.25, -0.2) is 13.0 Å². The van der Waals surface area contributed by atoms with Gasteiger partial charge < -0.3 is 4.81 Å². The zero-order valence-corrected chi connectivity index (χ0v) is 29.3. The minimum Gasteiger partial charge on any atom is -0.400 e. The molecule has 5 nitrogen and oxygen atoms in total. The predicted octanol–water partition coefficient (Wildman–Crippen LogP) is 8.27. The number of sulfone groups is 1. The predicted molar refractivity (Wildman–Crippen MR) is 208 cm³/mol. The van der Waals surface area contributed by atoms with Crippen molar-refractivity contribution in [3.8, 4) is 0 Å². The van der Waals surface area contributed by atoms with Crippen molar-refractivity contribution in [2.75, 3.05) is 4.81 Å². The molecule has 4 radical (unpaired) electrons. The fraction of sp³-hybridized carbons (Fsp3) is 0.167. The van der Waals surface area contributed by atoms with Gasteiger partial charge in [0.15, 0.2) is 11.0 Å². The van der Waals surface area contributed by atoms with Crippen LogP contribution in [0.1, 0.15) is 44.5 Å². The summed E-state index contributed by atoms with van der Waals surface area (Å²) in [5, 5.41) is 4.56. The van der Waals surface area contributed by atoms with Gasteiger partial charge in [0, 0.05) is 28.3 Å². The van der Waals surface area contributed by atoms with Gasteiger partial charge in [-0.3, -0.25) is 4.48 Å². The third kappa shape index (κ3) is 4.99. The zero-order chi connectivity index (χ0) is 34.8. The number of aryl methyl sites for hydroxylation is 1. The Kier molecular flexibility index (Phi) is 7.76. The fourth-order valence-electron chi connectivity index (χ4n) is 7.94. The summed E-state index contributed by atoms with van der Waals surface area (Å²) in [5.41, 5.74) is 6.05. The van der Waals surface area contributed by atoms with Gasteiger partial charge in [-0.1, -0.05) is 92.8 Å². The lowest BCUT2D eigenvalue weighted by Crippen LogP contribution is -2.31. The Morgan fingerprint density at radius 2 is 1.56 bits per heavy atom. The molecule has 242 valence electrons. The second-order valence-electron chi connectivity index (χ2n) is 13.7. The van der Waals surface area contributed by atoms with E-state index in [9.17, 15) is 8.42 Å². The second kappa shape index (κ2) is 12.1. The first kappa shape index (κ1) is 32.2. The van der Waals surface area contributed by atoms with Gasteiger partial charge in [0.1, 0.15) is 0 Å². The molecular formula is C42H36B2N3O2S+. The summed E-state index contributed by atoms with van der Waals surface area (Å²) < 4.78 is 32.8. The van der Waals surface area contributed by atoms with Crippen molar-refractivity contribution in [3.63, 3.8) is 0 Å². The third-order valence-corrected chi connectivity index (χ3v) is 12.4. The molecular weight excluding hydrogens is 632 g/mol. The van der Waals surface area contributed by atoms with Crippen molar-refractivity contribution < 1.29 is 13.0 Å². The molecule has 8 heteroatoms. The Hall–Kier alpha value is -5.07. The van der Waals surface area contributed by atoms with Gasteiger partial charge in [-0.05, 0) is 94.6 Å². The topological polar surface area (TPSA) is 46.2 Å². The first-order valence-electron chi connectivity index (χ1n) is 16.9. The maximum atomic E-state index is 14.5. The molecule has 50 heavy (non-hydrogen) atoms. The maximum absolute atomic E-state index is 14.5. The van der Waals surface area contributed by atoms with E-state index in [-0.39, 0.29) is 0 Å². The number of fused-ring (bicyclic) bond motifs is 6. The largest absolute Gasteiger partial charge is 0.409 e. The van der Waals surface area contributed by atoms with Crippen LogP contribution in [0.5, 0.6) is 0 Å². The molecule has 5 aromatic rings. The van der Waals surface area contributed by atoms with Gasteiger partial charge in [0.2, 0.25) is 17.8 Å². The highest BCUT2D eigenvalue weighted by Gasteiger charge is 2.39. The number of hydrogen-bond donors (Lipinski definition) is 0. The highest BCUT2D eigenvalue weighted by atomic mass is 32.2. The lowest BCUT2D eigenvalue weighted by molar-refractivity contribution is -0.646. The molecule has 1 aliphatic heterocycles. The minimum absolute atomic E-state index is 0.300. The molecule has 0 saturated heterocycles. The Labute approximate surface area is 296 Å². The average Bonchev–Trinajstić information content (AvgIpc) is 3.57. The summed E-state index contributed by atoms with van der Waals surface area (Å²) >= 11 is 0. The van der Waals surface area contributed by atoms with Crippen LogP contribution in [-0.4, -0.2) is 28.9 Å². The molecule has 0 N–H and O–H groups in total. The number of imidazole rings is 1. The van der Waals surface area contributed by atoms with E-state index in [1.165, 1.54) is 5.56 Å². The highest BCUT2D eigenvalue weighted by molar-refractivity contribution is 7.99. The lowest BCUT2D eigenvalue weighted by atomic mass is 9.81. The van der Waals surface area contributed by atoms with Crippen LogP contribution < -0.4 is 9.38 Å². The van der Waals surface area contributed by atoms with E-state index in [2.05, 4.69) is 66.9 Å². The normalized spacial score (nSPS) is 19.2. The number of aromatic nitrogens is 2. The van der Waals surface area contributed by atoms with Gasteiger partial charge in [0.25, 0.3) is 5.82 Å². The van der Waals surface area contributed by atoms with E-state index in [0.717, 1.165) is 60.9 Å². The maximum Gasteiger partial charge on any atom is 0.409 e. The van der Waals surface area contributed by atoms with E-state index < -0.39 is 15.3 Å². The molecule has 8 rings (SSSR count). The van der Waals surface area contributed by atoms with Gasteiger partial charge in [-0.15, -0.1) is 0 Å². The molecule has 1 aromatic heterocycles. The molecule has 0 fully saturated rings. The molecule has 2 aliphatic carbocycles. The first-order chi connectivity index (χ1) is 24.1. The lowest BCUT2D eigenvalue weighted by Gasteiger charge is -2.25. The SMILES string of the molecule is [B]N1C(=CC=C2CCC(C=Cc3n([B])c4ccc5ccccc5c4[n+]3C)=C2S(=O)(=O)C2=CCC=CC=C2)C(C)(C)c2c1ccc1ccccc21. The Morgan fingerprint density at radius 1 is 0.840 bits per heavy atom.